The third-order valence-electron chi connectivity index (χ3n) is 6.67. The quantitative estimate of drug-likeness (QED) is 0.330. The second-order valence-corrected chi connectivity index (χ2v) is 12.8. The van der Waals surface area contributed by atoms with E-state index in [4.69, 9.17) is 34.8 Å². The van der Waals surface area contributed by atoms with Gasteiger partial charge in [0.25, 0.3) is 0 Å². The minimum atomic E-state index is -4.86. The van der Waals surface area contributed by atoms with E-state index in [1.807, 2.05) is 0 Å². The van der Waals surface area contributed by atoms with Crippen LogP contribution in [0.1, 0.15) is 50.2 Å². The molecule has 0 heterocycles. The molecule has 7 nitrogen and oxygen atoms in total. The summed E-state index contributed by atoms with van der Waals surface area (Å²) >= 11 is 18.1. The van der Waals surface area contributed by atoms with E-state index in [9.17, 15) is 31.2 Å². The van der Waals surface area contributed by atoms with Crippen molar-refractivity contribution >= 4 is 62.3 Å². The van der Waals surface area contributed by atoms with Crippen molar-refractivity contribution in [3.05, 3.63) is 62.6 Å². The molecule has 40 heavy (non-hydrogen) atoms. The van der Waals surface area contributed by atoms with Crippen molar-refractivity contribution in [2.75, 3.05) is 17.1 Å². The summed E-state index contributed by atoms with van der Waals surface area (Å²) in [4.78, 5) is 28.3. The van der Waals surface area contributed by atoms with Crippen LogP contribution in [0.3, 0.4) is 0 Å². The predicted molar refractivity (Wildman–Crippen MR) is 150 cm³/mol. The molecular formula is C26H29Cl3F3N3O4S. The number of benzene rings is 2. The molecule has 0 bridgehead atoms. The molecule has 1 fully saturated rings. The standard InChI is InChI=1S/C26H29Cl3F3N3O4S/c1-3-23(25(37)33-18-6-4-5-7-18)34(14-16-8-9-17(27)12-22(16)29)24(36)15-35(40(2,38)39)19-10-11-21(28)20(13-19)26(30,31)32/h8-13,18,23H,3-7,14-15H2,1-2H3,(H,33,37). The Balaban J connectivity index is 2.00. The number of carbonyl (C=O) groups is 2. The van der Waals surface area contributed by atoms with Gasteiger partial charge in [0.1, 0.15) is 12.6 Å². The second kappa shape index (κ2) is 13.2. The molecule has 1 unspecified atom stereocenters. The number of nitrogens with zero attached hydrogens (tertiary/aromatic N) is 2. The molecule has 1 aliphatic rings. The van der Waals surface area contributed by atoms with E-state index in [-0.39, 0.29) is 24.0 Å². The normalized spacial score (nSPS) is 15.1. The van der Waals surface area contributed by atoms with E-state index >= 15 is 0 Å². The van der Waals surface area contributed by atoms with Crippen molar-refractivity contribution in [1.82, 2.24) is 10.2 Å². The molecule has 1 aliphatic carbocycles. The van der Waals surface area contributed by atoms with Crippen molar-refractivity contribution in [2.24, 2.45) is 0 Å². The third-order valence-corrected chi connectivity index (χ3v) is 8.72. The van der Waals surface area contributed by atoms with Crippen molar-refractivity contribution in [3.63, 3.8) is 0 Å². The minimum absolute atomic E-state index is 0.0417. The van der Waals surface area contributed by atoms with Gasteiger partial charge < -0.3 is 10.2 Å². The zero-order valence-corrected chi connectivity index (χ0v) is 24.9. The van der Waals surface area contributed by atoms with Gasteiger partial charge >= 0.3 is 6.18 Å². The molecule has 0 aromatic heterocycles. The highest BCUT2D eigenvalue weighted by Crippen LogP contribution is 2.37. The van der Waals surface area contributed by atoms with Crippen LogP contribution in [0, 0.1) is 0 Å². The van der Waals surface area contributed by atoms with Crippen LogP contribution < -0.4 is 9.62 Å². The van der Waals surface area contributed by atoms with Crippen LogP contribution in [0.2, 0.25) is 15.1 Å². The number of rotatable bonds is 10. The van der Waals surface area contributed by atoms with E-state index in [2.05, 4.69) is 5.32 Å². The van der Waals surface area contributed by atoms with E-state index in [1.165, 1.54) is 11.0 Å². The number of carbonyl (C=O) groups excluding carboxylic acids is 2. The highest BCUT2D eigenvalue weighted by atomic mass is 35.5. The van der Waals surface area contributed by atoms with E-state index in [0.29, 0.717) is 21.0 Å². The van der Waals surface area contributed by atoms with Crippen molar-refractivity contribution < 1.29 is 31.2 Å². The zero-order chi connectivity index (χ0) is 29.8. The Kier molecular flexibility index (Phi) is 10.6. The first kappa shape index (κ1) is 32.3. The van der Waals surface area contributed by atoms with Crippen LogP contribution in [-0.2, 0) is 32.3 Å². The molecule has 2 aromatic carbocycles. The molecule has 1 saturated carbocycles. The summed E-state index contributed by atoms with van der Waals surface area (Å²) in [7, 11) is -4.25. The lowest BCUT2D eigenvalue weighted by Gasteiger charge is -2.33. The SMILES string of the molecule is CCC(C(=O)NC1CCCC1)N(Cc1ccc(Cl)cc1Cl)C(=O)CN(c1ccc(Cl)c(C(F)(F)F)c1)S(C)(=O)=O. The molecule has 2 aromatic rings. The Labute approximate surface area is 246 Å². The van der Waals surface area contributed by atoms with E-state index in [1.54, 1.807) is 19.1 Å². The first-order valence-corrected chi connectivity index (χ1v) is 15.5. The molecule has 220 valence electrons. The van der Waals surface area contributed by atoms with E-state index < -0.39 is 56.9 Å². The Bertz CT molecular complexity index is 1350. The largest absolute Gasteiger partial charge is 0.417 e. The van der Waals surface area contributed by atoms with Crippen LogP contribution in [0.4, 0.5) is 18.9 Å². The number of amides is 2. The number of halogens is 6. The molecular weight excluding hydrogens is 614 g/mol. The Morgan fingerprint density at radius 3 is 2.25 bits per heavy atom. The Hall–Kier alpha value is -2.21. The first-order chi connectivity index (χ1) is 18.6. The summed E-state index contributed by atoms with van der Waals surface area (Å²) in [5.41, 5.74) is -1.20. The molecule has 1 atom stereocenters. The summed E-state index contributed by atoms with van der Waals surface area (Å²) < 4.78 is 66.5. The molecule has 0 radical (unpaired) electrons. The van der Waals surface area contributed by atoms with Gasteiger partial charge in [-0.2, -0.15) is 13.2 Å². The van der Waals surface area contributed by atoms with Crippen molar-refractivity contribution in [1.29, 1.82) is 0 Å². The second-order valence-electron chi connectivity index (χ2n) is 9.60. The number of hydrogen-bond acceptors (Lipinski definition) is 4. The van der Waals surface area contributed by atoms with Crippen LogP contribution in [0.25, 0.3) is 0 Å². The van der Waals surface area contributed by atoms with Gasteiger partial charge in [0, 0.05) is 22.6 Å². The zero-order valence-electron chi connectivity index (χ0n) is 21.8. The molecule has 14 heteroatoms. The van der Waals surface area contributed by atoms with Gasteiger partial charge in [-0.15, -0.1) is 0 Å². The molecule has 0 saturated heterocycles. The Morgan fingerprint density at radius 1 is 1.05 bits per heavy atom. The summed E-state index contributed by atoms with van der Waals surface area (Å²) in [6.45, 7) is 0.666. The van der Waals surface area contributed by atoms with Crippen molar-refractivity contribution in [2.45, 2.75) is 63.8 Å². The lowest BCUT2D eigenvalue weighted by molar-refractivity contribution is -0.140. The first-order valence-electron chi connectivity index (χ1n) is 12.5. The van der Waals surface area contributed by atoms with Gasteiger partial charge in [-0.05, 0) is 55.2 Å². The smallest absolute Gasteiger partial charge is 0.352 e. The van der Waals surface area contributed by atoms with Crippen LogP contribution in [-0.4, -0.2) is 50.0 Å². The number of hydrogen-bond donors (Lipinski definition) is 1. The molecule has 2 amide bonds. The van der Waals surface area contributed by atoms with Gasteiger partial charge in [0.2, 0.25) is 21.8 Å². The monoisotopic (exact) mass is 641 g/mol. The number of nitrogens with one attached hydrogen (secondary N) is 1. The van der Waals surface area contributed by atoms with E-state index in [0.717, 1.165) is 44.1 Å². The fourth-order valence-corrected chi connectivity index (χ4v) is 6.15. The maximum atomic E-state index is 13.8. The van der Waals surface area contributed by atoms with Gasteiger partial charge in [-0.3, -0.25) is 13.9 Å². The maximum absolute atomic E-state index is 13.8. The molecule has 3 rings (SSSR count). The number of sulfonamides is 1. The number of alkyl halides is 3. The molecule has 1 N–H and O–H groups in total. The minimum Gasteiger partial charge on any atom is -0.352 e. The number of anilines is 1. The fraction of sp³-hybridized carbons (Fsp3) is 0.462. The van der Waals surface area contributed by atoms with Gasteiger partial charge in [-0.25, -0.2) is 8.42 Å². The van der Waals surface area contributed by atoms with Crippen LogP contribution in [0.15, 0.2) is 36.4 Å². The van der Waals surface area contributed by atoms with Crippen LogP contribution >= 0.6 is 34.8 Å². The van der Waals surface area contributed by atoms with Gasteiger partial charge in [0.15, 0.2) is 0 Å². The molecule has 0 aliphatic heterocycles. The summed E-state index contributed by atoms with van der Waals surface area (Å²) in [5.74, 6) is -1.22. The maximum Gasteiger partial charge on any atom is 0.417 e. The summed E-state index contributed by atoms with van der Waals surface area (Å²) in [6, 6.07) is 6.12. The van der Waals surface area contributed by atoms with Crippen molar-refractivity contribution in [3.8, 4) is 0 Å². The average molecular weight is 643 g/mol. The predicted octanol–water partition coefficient (Wildman–Crippen LogP) is 6.30. The van der Waals surface area contributed by atoms with Gasteiger partial charge in [-0.1, -0.05) is 60.6 Å². The lowest BCUT2D eigenvalue weighted by Crippen LogP contribution is -2.53. The molecule has 0 spiro atoms. The average Bonchev–Trinajstić information content (AvgIpc) is 3.35. The van der Waals surface area contributed by atoms with Crippen LogP contribution in [0.5, 0.6) is 0 Å². The highest BCUT2D eigenvalue weighted by molar-refractivity contribution is 7.92. The highest BCUT2D eigenvalue weighted by Gasteiger charge is 2.36. The van der Waals surface area contributed by atoms with Gasteiger partial charge in [0.05, 0.1) is 22.5 Å². The Morgan fingerprint density at radius 2 is 1.70 bits per heavy atom. The lowest BCUT2D eigenvalue weighted by atomic mass is 10.1. The summed E-state index contributed by atoms with van der Waals surface area (Å²) in [5, 5.41) is 2.92. The topological polar surface area (TPSA) is 86.8 Å². The third kappa shape index (κ3) is 8.18. The summed E-state index contributed by atoms with van der Waals surface area (Å²) in [6.07, 6.45) is -0.355. The fourth-order valence-electron chi connectivity index (χ4n) is 4.62.